The molecule has 0 heterocycles. The van der Waals surface area contributed by atoms with Crippen LogP contribution in [0.25, 0.3) is 0 Å². The third kappa shape index (κ3) is 5.61. The van der Waals surface area contributed by atoms with Gasteiger partial charge in [0.2, 0.25) is 5.91 Å². The fraction of sp³-hybridized carbons (Fsp3) is 0.980. The molecule has 0 aromatic heterocycles. The van der Waals surface area contributed by atoms with Crippen LogP contribution in [0.4, 0.5) is 4.79 Å². The molecule has 5 heteroatoms. The van der Waals surface area contributed by atoms with Gasteiger partial charge in [0.05, 0.1) is 0 Å². The maximum absolute atomic E-state index is 14.9. The Kier molecular flexibility index (Phi) is 9.81. The number of hydrogen-bond acceptors (Lipinski definition) is 3. The number of hydrogen-bond donors (Lipinski definition) is 2. The van der Waals surface area contributed by atoms with E-state index >= 15 is 0 Å². The first-order chi connectivity index (χ1) is 52.8. The first kappa shape index (κ1) is 58.6. The molecule has 36 fully saturated rings. The molecule has 36 aliphatic carbocycles. The molecule has 0 saturated heterocycles. The van der Waals surface area contributed by atoms with Crippen LogP contribution in [0, 0.1) is 414 Å². The lowest BCUT2D eigenvalue weighted by atomic mass is 9.14. The van der Waals surface area contributed by atoms with Gasteiger partial charge >= 0.3 is 6.09 Å². The number of ether oxygens (including phenoxy) is 1. The van der Waals surface area contributed by atoms with Gasteiger partial charge in [-0.15, -0.1) is 0 Å². The summed E-state index contributed by atoms with van der Waals surface area (Å²) >= 11 is 0. The third-order valence-electron chi connectivity index (χ3n) is 55.3. The van der Waals surface area contributed by atoms with Crippen molar-refractivity contribution < 1.29 is 14.3 Å². The van der Waals surface area contributed by atoms with Crippen LogP contribution < -0.4 is 10.6 Å². The second-order valence-electron chi connectivity index (χ2n) is 53.4. The van der Waals surface area contributed by atoms with Gasteiger partial charge in [-0.05, 0) is 557 Å². The summed E-state index contributed by atoms with van der Waals surface area (Å²) in [5.74, 6) is 74.5. The summed E-state index contributed by atoms with van der Waals surface area (Å²) in [6, 6.07) is 0. The van der Waals surface area contributed by atoms with Crippen molar-refractivity contribution in [1.82, 2.24) is 10.6 Å². The van der Waals surface area contributed by atoms with E-state index in [0.717, 1.165) is 285 Å². The van der Waals surface area contributed by atoms with Crippen LogP contribution >= 0.6 is 0 Å². The van der Waals surface area contributed by atoms with E-state index in [1.165, 1.54) is 151 Å². The topological polar surface area (TPSA) is 67.4 Å². The quantitative estimate of drug-likeness (QED) is 0.290. The second kappa shape index (κ2) is 17.9. The molecule has 0 bridgehead atoms. The minimum Gasteiger partial charge on any atom is -0.443 e. The molecule has 71 atom stereocenters. The normalized spacial score (nSPS) is 79.2. The van der Waals surface area contributed by atoms with E-state index < -0.39 is 0 Å². The van der Waals surface area contributed by atoms with Crippen LogP contribution in [0.2, 0.25) is 0 Å². The largest absolute Gasteiger partial charge is 0.443 e. The molecule has 2 N–H and O–H groups in total. The summed E-state index contributed by atoms with van der Waals surface area (Å²) in [5.41, 5.74) is -0.291. The van der Waals surface area contributed by atoms with E-state index in [1.807, 2.05) is 14.1 Å². The highest BCUT2D eigenvalue weighted by Gasteiger charge is 2.92. The number of carbonyl (C=O) groups excluding carboxylic acids is 2. The zero-order valence-corrected chi connectivity index (χ0v) is 65.2. The maximum Gasteiger partial charge on any atom is 0.407 e. The molecule has 0 aromatic carbocycles. The fourth-order valence-corrected chi connectivity index (χ4v) is 59.0. The summed E-state index contributed by atoms with van der Waals surface area (Å²) < 4.78 is 7.73. The molecule has 0 aromatic rings. The average molecular weight is 1430 g/mol. The van der Waals surface area contributed by atoms with Crippen molar-refractivity contribution in [2.75, 3.05) is 14.1 Å². The molecular weight excluding hydrogens is 1300 g/mol. The smallest absolute Gasteiger partial charge is 0.407 e. The number of alkyl carbamates (subject to hydrolysis) is 1. The molecule has 2 amide bonds. The van der Waals surface area contributed by atoms with Crippen molar-refractivity contribution in [3.8, 4) is 0 Å². The van der Waals surface area contributed by atoms with E-state index in [4.69, 9.17) is 4.74 Å². The second-order valence-corrected chi connectivity index (χ2v) is 53.4. The Balaban J connectivity index is 0.592. The summed E-state index contributed by atoms with van der Waals surface area (Å²) in [7, 11) is 3.91. The summed E-state index contributed by atoms with van der Waals surface area (Å²) in [4.78, 5) is 29.2. The molecule has 568 valence electrons. The van der Waals surface area contributed by atoms with E-state index in [-0.39, 0.29) is 17.6 Å². The summed E-state index contributed by atoms with van der Waals surface area (Å²) in [6.45, 7) is 0. The highest BCUT2D eigenvalue weighted by atomic mass is 16.6. The predicted molar refractivity (Wildman–Crippen MR) is 401 cm³/mol. The van der Waals surface area contributed by atoms with Crippen molar-refractivity contribution in [3.05, 3.63) is 0 Å². The Labute approximate surface area is 640 Å². The lowest BCUT2D eigenvalue weighted by Crippen LogP contribution is -2.87. The Bertz CT molecular complexity index is 4160. The van der Waals surface area contributed by atoms with E-state index in [0.29, 0.717) is 23.7 Å². The monoisotopic (exact) mass is 1430 g/mol. The minimum absolute atomic E-state index is 0.0534. The van der Waals surface area contributed by atoms with Crippen molar-refractivity contribution in [2.45, 2.75) is 179 Å². The molecule has 71 unspecified atom stereocenters. The van der Waals surface area contributed by atoms with E-state index in [1.54, 1.807) is 128 Å². The molecular formula is C102H132N2O3. The number of rotatable bonds is 2. The van der Waals surface area contributed by atoms with Gasteiger partial charge in [-0.25, -0.2) is 4.79 Å². The van der Waals surface area contributed by atoms with Gasteiger partial charge in [-0.2, -0.15) is 0 Å². The van der Waals surface area contributed by atoms with Crippen molar-refractivity contribution in [2.24, 2.45) is 414 Å². The molecule has 36 saturated carbocycles. The highest BCUT2D eigenvalue weighted by molar-refractivity contribution is 5.78. The van der Waals surface area contributed by atoms with Gasteiger partial charge < -0.3 is 15.4 Å². The van der Waals surface area contributed by atoms with E-state index in [2.05, 4.69) is 10.6 Å². The third-order valence-corrected chi connectivity index (χ3v) is 55.3. The standard InChI is InChI=1S/C102H132N2O3/c1-103-100(105)50-26-35-15-41-19-49-25-48-24-46-21-43-17-39-13-33-7-6-32-12-37-10-30-4-3-5-31-11-38-16-42-20-45-23-47-22-44-18-40-14-34-8-9-102(107-101(106)104-2)29-51-28-36(27-50)53(35)72-58(41)84-67(49)82-65(48)80-63(46)78-61(43)76-59(39)74-55(33)54(32)73-56(37)71(52(30)31)57(38)75-60(42)77-62(45)79-64(47)81-66(44)83-68(40)85-70(34)99(102)98(69(51)72)97(84)96(85)95(82)94(83)93(80)92(81)91(78)90(79)89(76)88(77)87(74)86(73)75/h30-99H,3-29H2,1-2H3,(H,103,105)(H,104,106). The number of carbonyl (C=O) groups is 2. The Morgan fingerprint density at radius 3 is 0.766 bits per heavy atom. The first-order valence-corrected chi connectivity index (χ1v) is 50.9. The maximum atomic E-state index is 14.9. The van der Waals surface area contributed by atoms with Gasteiger partial charge in [-0.3, -0.25) is 4.79 Å². The number of amides is 2. The summed E-state index contributed by atoms with van der Waals surface area (Å²) in [5, 5.41) is 6.56. The van der Waals surface area contributed by atoms with Gasteiger partial charge in [0.25, 0.3) is 0 Å². The summed E-state index contributed by atoms with van der Waals surface area (Å²) in [6.07, 6.45) is 43.3. The van der Waals surface area contributed by atoms with E-state index in [9.17, 15) is 9.59 Å². The van der Waals surface area contributed by atoms with Crippen LogP contribution in [-0.4, -0.2) is 31.7 Å². The van der Waals surface area contributed by atoms with Gasteiger partial charge in [0, 0.05) is 25.9 Å². The van der Waals surface area contributed by atoms with Crippen LogP contribution in [-0.2, 0) is 9.53 Å². The van der Waals surface area contributed by atoms with Crippen molar-refractivity contribution >= 4 is 12.0 Å². The van der Waals surface area contributed by atoms with Crippen molar-refractivity contribution in [1.29, 1.82) is 0 Å². The Hall–Kier alpha value is -1.26. The minimum atomic E-state index is -0.291. The predicted octanol–water partition coefficient (Wildman–Crippen LogP) is 18.0. The molecule has 0 spiro atoms. The van der Waals surface area contributed by atoms with Crippen LogP contribution in [0.15, 0.2) is 0 Å². The molecule has 36 aliphatic rings. The van der Waals surface area contributed by atoms with Gasteiger partial charge in [0.1, 0.15) is 5.60 Å². The van der Waals surface area contributed by atoms with Crippen molar-refractivity contribution in [3.63, 3.8) is 0 Å². The molecule has 0 aliphatic heterocycles. The number of nitrogens with one attached hydrogen (secondary N) is 2. The molecule has 36 rings (SSSR count). The Morgan fingerprint density at radius 1 is 0.224 bits per heavy atom. The fourth-order valence-electron chi connectivity index (χ4n) is 59.0. The zero-order valence-electron chi connectivity index (χ0n) is 65.2. The molecule has 5 nitrogen and oxygen atoms in total. The van der Waals surface area contributed by atoms with Crippen LogP contribution in [0.1, 0.15) is 173 Å². The first-order valence-electron chi connectivity index (χ1n) is 50.9. The van der Waals surface area contributed by atoms with Crippen LogP contribution in [0.5, 0.6) is 0 Å². The lowest BCUT2D eigenvalue weighted by molar-refractivity contribution is -0.438. The van der Waals surface area contributed by atoms with Crippen LogP contribution in [0.3, 0.4) is 0 Å². The SMILES string of the molecule is CNC(=O)OC12CCC3CC4CC5CC6CC7CC8CC9CC%10CCCC%11CC%12CC%13CCC%14CC%15CC%16CC%17CC%18CC%19CC%20CC%21CC(C(=O)NC)CC%22CC(C1)C1C(C%21%22)C%20C%20C%19C%19C%18C%18C%17C%17C%16C%16C%15C%15C%14C%13C%13C%12C(C%11%10)C9C9C8C8C7C7C6C6C5C5C4C4C(C%19C5C%18C6C%17C7C%16C8C%15C%139)C%20C1C2C34. The Morgan fingerprint density at radius 2 is 0.449 bits per heavy atom. The molecule has 0 radical (unpaired) electrons. The van der Waals surface area contributed by atoms with Gasteiger partial charge in [-0.1, -0.05) is 19.3 Å². The molecule has 107 heavy (non-hydrogen) atoms. The van der Waals surface area contributed by atoms with Gasteiger partial charge in [0.15, 0.2) is 0 Å². The zero-order chi connectivity index (χ0) is 67.3. The average Bonchev–Trinajstić information content (AvgIpc) is 0.619. The lowest BCUT2D eigenvalue weighted by Gasteiger charge is -2.91. The highest BCUT2D eigenvalue weighted by Crippen LogP contribution is 2.96.